The van der Waals surface area contributed by atoms with E-state index in [1.807, 2.05) is 31.2 Å². The molecule has 1 aromatic heterocycles. The van der Waals surface area contributed by atoms with Crippen molar-refractivity contribution in [3.05, 3.63) is 40.5 Å². The first-order valence-electron chi connectivity index (χ1n) is 5.75. The molecule has 0 aliphatic heterocycles. The molecule has 1 N–H and O–H groups in total. The number of aromatic nitrogens is 1. The predicted molar refractivity (Wildman–Crippen MR) is 79.5 cm³/mol. The molecule has 0 saturated heterocycles. The quantitative estimate of drug-likeness (QED) is 0.926. The van der Waals surface area contributed by atoms with Crippen LogP contribution in [0.3, 0.4) is 0 Å². The van der Waals surface area contributed by atoms with Crippen LogP contribution in [0.25, 0.3) is 0 Å². The molecule has 0 unspecified atom stereocenters. The van der Waals surface area contributed by atoms with E-state index < -0.39 is 0 Å². The topological polar surface area (TPSA) is 43.4 Å². The summed E-state index contributed by atoms with van der Waals surface area (Å²) < 4.78 is 11.5. The van der Waals surface area contributed by atoms with E-state index in [-0.39, 0.29) is 0 Å². The van der Waals surface area contributed by atoms with Crippen LogP contribution in [-0.2, 0) is 0 Å². The number of anilines is 2. The Morgan fingerprint density at radius 3 is 2.37 bits per heavy atom. The normalized spacial score (nSPS) is 10.1. The summed E-state index contributed by atoms with van der Waals surface area (Å²) in [5.41, 5.74) is 2.00. The van der Waals surface area contributed by atoms with Gasteiger partial charge in [0.25, 0.3) is 0 Å². The molecule has 0 spiro atoms. The lowest BCUT2D eigenvalue weighted by molar-refractivity contribution is 0.355. The van der Waals surface area contributed by atoms with E-state index in [0.29, 0.717) is 11.5 Å². The van der Waals surface area contributed by atoms with Gasteiger partial charge in [-0.25, -0.2) is 4.98 Å². The van der Waals surface area contributed by atoms with Crippen molar-refractivity contribution in [3.63, 3.8) is 0 Å². The molecule has 0 aliphatic carbocycles. The zero-order valence-corrected chi connectivity index (χ0v) is 12.6. The number of benzene rings is 1. The molecule has 0 saturated carbocycles. The highest BCUT2D eigenvalue weighted by Crippen LogP contribution is 2.34. The minimum atomic E-state index is 0.688. The summed E-state index contributed by atoms with van der Waals surface area (Å²) in [6.45, 7) is 2.00. The average Bonchev–Trinajstić information content (AvgIpc) is 2.43. The van der Waals surface area contributed by atoms with Crippen molar-refractivity contribution >= 4 is 27.4 Å². The van der Waals surface area contributed by atoms with Crippen LogP contribution in [-0.4, -0.2) is 19.2 Å². The van der Waals surface area contributed by atoms with Crippen molar-refractivity contribution in [3.8, 4) is 11.5 Å². The Hall–Kier alpha value is -1.75. The lowest BCUT2D eigenvalue weighted by atomic mass is 10.1. The Bertz CT molecular complexity index is 570. The Balaban J connectivity index is 2.32. The molecular formula is C14H15BrN2O2. The fourth-order valence-corrected chi connectivity index (χ4v) is 1.94. The number of hydrogen-bond acceptors (Lipinski definition) is 4. The highest BCUT2D eigenvalue weighted by Gasteiger charge is 2.09. The molecule has 0 radical (unpaired) electrons. The number of hydrogen-bond donors (Lipinski definition) is 1. The van der Waals surface area contributed by atoms with Crippen molar-refractivity contribution in [2.45, 2.75) is 6.92 Å². The zero-order chi connectivity index (χ0) is 13.8. The van der Waals surface area contributed by atoms with Crippen LogP contribution >= 0.6 is 15.9 Å². The van der Waals surface area contributed by atoms with E-state index in [4.69, 9.17) is 9.47 Å². The first-order chi connectivity index (χ1) is 9.13. The summed E-state index contributed by atoms with van der Waals surface area (Å²) in [7, 11) is 3.25. The number of nitrogens with zero attached hydrogens (tertiary/aromatic N) is 1. The summed E-state index contributed by atoms with van der Waals surface area (Å²) in [5, 5.41) is 3.26. The van der Waals surface area contributed by atoms with E-state index in [9.17, 15) is 0 Å². The lowest BCUT2D eigenvalue weighted by Crippen LogP contribution is -1.98. The summed E-state index contributed by atoms with van der Waals surface area (Å²) in [4.78, 5) is 4.28. The predicted octanol–water partition coefficient (Wildman–Crippen LogP) is 3.91. The van der Waals surface area contributed by atoms with Crippen molar-refractivity contribution in [1.82, 2.24) is 4.98 Å². The molecule has 19 heavy (non-hydrogen) atoms. The maximum atomic E-state index is 5.30. The number of nitrogens with one attached hydrogen (secondary N) is 1. The van der Waals surface area contributed by atoms with Crippen molar-refractivity contribution < 1.29 is 9.47 Å². The Labute approximate surface area is 120 Å². The second kappa shape index (κ2) is 5.93. The van der Waals surface area contributed by atoms with Gasteiger partial charge >= 0.3 is 0 Å². The van der Waals surface area contributed by atoms with Crippen molar-refractivity contribution in [2.75, 3.05) is 19.5 Å². The van der Waals surface area contributed by atoms with Gasteiger partial charge in [0, 0.05) is 22.4 Å². The Kier molecular flexibility index (Phi) is 4.27. The van der Waals surface area contributed by atoms with Gasteiger partial charge in [-0.3, -0.25) is 0 Å². The molecule has 0 fully saturated rings. The van der Waals surface area contributed by atoms with Crippen LogP contribution in [0.15, 0.2) is 34.9 Å². The van der Waals surface area contributed by atoms with Crippen LogP contribution in [0, 0.1) is 6.92 Å². The van der Waals surface area contributed by atoms with E-state index in [1.54, 1.807) is 20.4 Å². The lowest BCUT2D eigenvalue weighted by Gasteiger charge is -2.13. The second-order valence-electron chi connectivity index (χ2n) is 4.01. The molecule has 1 aromatic carbocycles. The van der Waals surface area contributed by atoms with E-state index in [2.05, 4.69) is 26.2 Å². The average molecular weight is 323 g/mol. The summed E-state index contributed by atoms with van der Waals surface area (Å²) in [5.74, 6) is 2.18. The highest BCUT2D eigenvalue weighted by atomic mass is 79.9. The monoisotopic (exact) mass is 322 g/mol. The second-order valence-corrected chi connectivity index (χ2v) is 4.92. The molecule has 1 heterocycles. The molecule has 2 rings (SSSR count). The molecule has 2 aromatic rings. The summed E-state index contributed by atoms with van der Waals surface area (Å²) in [6, 6.07) is 7.67. The van der Waals surface area contributed by atoms with Crippen molar-refractivity contribution in [2.24, 2.45) is 0 Å². The molecule has 0 atom stereocenters. The van der Waals surface area contributed by atoms with Gasteiger partial charge in [0.1, 0.15) is 5.82 Å². The van der Waals surface area contributed by atoms with Crippen LogP contribution in [0.5, 0.6) is 11.5 Å². The third kappa shape index (κ3) is 3.17. The number of pyridine rings is 1. The highest BCUT2D eigenvalue weighted by molar-refractivity contribution is 9.10. The van der Waals surface area contributed by atoms with Gasteiger partial charge in [0.15, 0.2) is 11.5 Å². The maximum Gasteiger partial charge on any atom is 0.162 e. The fraction of sp³-hybridized carbons (Fsp3) is 0.214. The molecular weight excluding hydrogens is 308 g/mol. The minimum Gasteiger partial charge on any atom is -0.493 e. The van der Waals surface area contributed by atoms with Gasteiger partial charge in [-0.2, -0.15) is 0 Å². The van der Waals surface area contributed by atoms with Crippen LogP contribution < -0.4 is 14.8 Å². The summed E-state index contributed by atoms with van der Waals surface area (Å²) >= 11 is 3.36. The number of ether oxygens (including phenoxy) is 2. The van der Waals surface area contributed by atoms with Gasteiger partial charge in [0.2, 0.25) is 0 Å². The van der Waals surface area contributed by atoms with Gasteiger partial charge in [-0.05, 0) is 46.6 Å². The van der Waals surface area contributed by atoms with E-state index >= 15 is 0 Å². The molecule has 0 amide bonds. The van der Waals surface area contributed by atoms with E-state index in [1.165, 1.54) is 0 Å². The molecule has 4 nitrogen and oxygen atoms in total. The number of rotatable bonds is 4. The van der Waals surface area contributed by atoms with Crippen LogP contribution in [0.2, 0.25) is 0 Å². The maximum absolute atomic E-state index is 5.30. The standard InChI is InChI=1S/C14H15BrN2O2/c1-9-6-12(18-2)13(19-3)7-11(9)17-14-5-4-10(15)8-16-14/h4-8H,1-3H3,(H,16,17). The van der Waals surface area contributed by atoms with Crippen molar-refractivity contribution in [1.29, 1.82) is 0 Å². The van der Waals surface area contributed by atoms with Gasteiger partial charge in [0.05, 0.1) is 14.2 Å². The number of aryl methyl sites for hydroxylation is 1. The summed E-state index contributed by atoms with van der Waals surface area (Å²) in [6.07, 6.45) is 1.75. The SMILES string of the molecule is COc1cc(C)c(Nc2ccc(Br)cn2)cc1OC. The Morgan fingerprint density at radius 2 is 1.79 bits per heavy atom. The van der Waals surface area contributed by atoms with Crippen LogP contribution in [0.4, 0.5) is 11.5 Å². The molecule has 100 valence electrons. The van der Waals surface area contributed by atoms with E-state index in [0.717, 1.165) is 21.5 Å². The Morgan fingerprint density at radius 1 is 1.11 bits per heavy atom. The minimum absolute atomic E-state index is 0.688. The van der Waals surface area contributed by atoms with Gasteiger partial charge in [-0.15, -0.1) is 0 Å². The largest absolute Gasteiger partial charge is 0.493 e. The van der Waals surface area contributed by atoms with Crippen LogP contribution in [0.1, 0.15) is 5.56 Å². The third-order valence-electron chi connectivity index (χ3n) is 2.72. The number of methoxy groups -OCH3 is 2. The van der Waals surface area contributed by atoms with Gasteiger partial charge in [-0.1, -0.05) is 0 Å². The fourth-order valence-electron chi connectivity index (χ4n) is 1.70. The van der Waals surface area contributed by atoms with Gasteiger partial charge < -0.3 is 14.8 Å². The molecule has 0 aliphatic rings. The third-order valence-corrected chi connectivity index (χ3v) is 3.19. The number of halogens is 1. The molecule has 0 bridgehead atoms. The smallest absolute Gasteiger partial charge is 0.162 e. The first-order valence-corrected chi connectivity index (χ1v) is 6.54. The molecule has 5 heteroatoms. The zero-order valence-electron chi connectivity index (χ0n) is 11.0. The first kappa shape index (κ1) is 13.7.